The highest BCUT2D eigenvalue weighted by molar-refractivity contribution is 7.91. The molecule has 0 aliphatic carbocycles. The van der Waals surface area contributed by atoms with E-state index >= 15 is 0 Å². The number of hydrogen-bond acceptors (Lipinski definition) is 7. The second-order valence-corrected chi connectivity index (χ2v) is 7.90. The summed E-state index contributed by atoms with van der Waals surface area (Å²) in [5, 5.41) is 9.44. The van der Waals surface area contributed by atoms with Crippen LogP contribution in [-0.4, -0.2) is 54.4 Å². The van der Waals surface area contributed by atoms with Gasteiger partial charge in [-0.2, -0.15) is 0 Å². The first-order valence-corrected chi connectivity index (χ1v) is 8.57. The summed E-state index contributed by atoms with van der Waals surface area (Å²) in [6.45, 7) is 3.28. The Kier molecular flexibility index (Phi) is 3.83. The fraction of sp³-hybridized carbons (Fsp3) is 0.545. The van der Waals surface area contributed by atoms with Crippen LogP contribution < -0.4 is 4.90 Å². The first kappa shape index (κ1) is 14.9. The molecule has 1 aliphatic rings. The van der Waals surface area contributed by atoms with Crippen molar-refractivity contribution in [2.24, 2.45) is 0 Å². The first-order chi connectivity index (χ1) is 9.21. The number of ketones is 1. The van der Waals surface area contributed by atoms with Crippen LogP contribution in [0.3, 0.4) is 0 Å². The number of carboxylic acid groups (broad SMARTS) is 1. The fourth-order valence-corrected chi connectivity index (χ4v) is 4.74. The molecule has 1 aromatic heterocycles. The van der Waals surface area contributed by atoms with E-state index in [-0.39, 0.29) is 40.4 Å². The Bertz CT molecular complexity index is 633. The molecule has 1 aromatic rings. The minimum atomic E-state index is -3.06. The van der Waals surface area contributed by atoms with Crippen LogP contribution in [0.15, 0.2) is 0 Å². The number of nitrogens with zero attached hydrogens (tertiary/aromatic N) is 2. The number of hydrogen-bond donors (Lipinski definition) is 1. The summed E-state index contributed by atoms with van der Waals surface area (Å²) in [4.78, 5) is 28.3. The summed E-state index contributed by atoms with van der Waals surface area (Å²) < 4.78 is 23.1. The monoisotopic (exact) mass is 318 g/mol. The molecule has 1 fully saturated rings. The van der Waals surface area contributed by atoms with Crippen LogP contribution in [0, 0.1) is 0 Å². The molecular formula is C11H14N2O5S2. The second kappa shape index (κ2) is 5.13. The summed E-state index contributed by atoms with van der Waals surface area (Å²) in [6, 6.07) is -0.290. The molecular weight excluding hydrogens is 304 g/mol. The predicted octanol–water partition coefficient (Wildman–Crippen LogP) is 0.667. The van der Waals surface area contributed by atoms with Gasteiger partial charge in [-0.15, -0.1) is 0 Å². The van der Waals surface area contributed by atoms with Crippen LogP contribution in [0.25, 0.3) is 0 Å². The first-order valence-electron chi connectivity index (χ1n) is 5.93. The number of rotatable bonds is 3. The third kappa shape index (κ3) is 2.83. The van der Waals surface area contributed by atoms with E-state index in [2.05, 4.69) is 4.98 Å². The van der Waals surface area contributed by atoms with E-state index in [0.29, 0.717) is 5.13 Å². The van der Waals surface area contributed by atoms with Gasteiger partial charge in [0.1, 0.15) is 4.88 Å². The van der Waals surface area contributed by atoms with E-state index in [1.807, 2.05) is 0 Å². The van der Waals surface area contributed by atoms with Gasteiger partial charge in [-0.3, -0.25) is 4.79 Å². The summed E-state index contributed by atoms with van der Waals surface area (Å²) >= 11 is 0.996. The Morgan fingerprint density at radius 1 is 1.45 bits per heavy atom. The Hall–Kier alpha value is -1.48. The Balaban J connectivity index is 2.37. The Morgan fingerprint density at radius 3 is 2.55 bits per heavy atom. The van der Waals surface area contributed by atoms with Gasteiger partial charge in [-0.25, -0.2) is 18.2 Å². The topological polar surface area (TPSA) is 105 Å². The molecule has 7 nitrogen and oxygen atoms in total. The number of sulfone groups is 1. The molecule has 1 saturated heterocycles. The van der Waals surface area contributed by atoms with Crippen molar-refractivity contribution in [2.45, 2.75) is 19.9 Å². The minimum Gasteiger partial charge on any atom is -0.476 e. The fourth-order valence-electron chi connectivity index (χ4n) is 2.10. The standard InChI is InChI=1S/C11H14N2O5S2/c1-6-5-20(17,18)4-3-13(6)11-12-8(10(15)16)9(19-11)7(2)14/h6H,3-5H2,1-2H3,(H,15,16). The summed E-state index contributed by atoms with van der Waals surface area (Å²) in [6.07, 6.45) is 0. The lowest BCUT2D eigenvalue weighted by atomic mass is 10.3. The van der Waals surface area contributed by atoms with Crippen molar-refractivity contribution in [3.8, 4) is 0 Å². The van der Waals surface area contributed by atoms with Crippen molar-refractivity contribution in [1.29, 1.82) is 0 Å². The van der Waals surface area contributed by atoms with Crippen LogP contribution in [-0.2, 0) is 9.84 Å². The number of Topliss-reactive ketones (excluding diaryl/α,β-unsaturated/α-hetero) is 1. The van der Waals surface area contributed by atoms with Crippen molar-refractivity contribution < 1.29 is 23.1 Å². The van der Waals surface area contributed by atoms with Gasteiger partial charge in [0.05, 0.1) is 11.5 Å². The number of anilines is 1. The molecule has 0 aromatic carbocycles. The van der Waals surface area contributed by atoms with Gasteiger partial charge in [0.15, 0.2) is 26.4 Å². The SMILES string of the molecule is CC(=O)c1sc(N2CCS(=O)(=O)CC2C)nc1C(=O)O. The number of thiazole rings is 1. The number of carbonyl (C=O) groups is 2. The molecule has 9 heteroatoms. The van der Waals surface area contributed by atoms with Crippen molar-refractivity contribution in [2.75, 3.05) is 23.0 Å². The smallest absolute Gasteiger partial charge is 0.356 e. The number of carboxylic acids is 1. The highest BCUT2D eigenvalue weighted by Gasteiger charge is 2.32. The quantitative estimate of drug-likeness (QED) is 0.816. The predicted molar refractivity (Wildman–Crippen MR) is 74.5 cm³/mol. The van der Waals surface area contributed by atoms with Gasteiger partial charge < -0.3 is 10.0 Å². The molecule has 2 heterocycles. The molecule has 1 N–H and O–H groups in total. The minimum absolute atomic E-state index is 0.00435. The molecule has 1 unspecified atom stereocenters. The molecule has 110 valence electrons. The van der Waals surface area contributed by atoms with Crippen molar-refractivity contribution >= 4 is 38.1 Å². The maximum absolute atomic E-state index is 11.5. The average molecular weight is 318 g/mol. The molecule has 0 amide bonds. The zero-order chi connectivity index (χ0) is 15.1. The molecule has 0 bridgehead atoms. The van der Waals surface area contributed by atoms with Gasteiger partial charge in [0, 0.05) is 19.5 Å². The highest BCUT2D eigenvalue weighted by atomic mass is 32.2. The lowest BCUT2D eigenvalue weighted by Gasteiger charge is -2.32. The zero-order valence-electron chi connectivity index (χ0n) is 11.0. The van der Waals surface area contributed by atoms with E-state index in [1.165, 1.54) is 6.92 Å². The number of carbonyl (C=O) groups excluding carboxylic acids is 1. The van der Waals surface area contributed by atoms with E-state index in [9.17, 15) is 18.0 Å². The third-order valence-electron chi connectivity index (χ3n) is 3.05. The van der Waals surface area contributed by atoms with Gasteiger partial charge in [0.25, 0.3) is 0 Å². The van der Waals surface area contributed by atoms with E-state index in [1.54, 1.807) is 11.8 Å². The molecule has 0 saturated carbocycles. The lowest BCUT2D eigenvalue weighted by Crippen LogP contribution is -2.47. The zero-order valence-corrected chi connectivity index (χ0v) is 12.6. The maximum atomic E-state index is 11.5. The van der Waals surface area contributed by atoms with E-state index < -0.39 is 15.8 Å². The second-order valence-electron chi connectivity index (χ2n) is 4.69. The van der Waals surface area contributed by atoms with Gasteiger partial charge in [0.2, 0.25) is 0 Å². The normalized spacial score (nSPS) is 21.7. The average Bonchev–Trinajstić information content (AvgIpc) is 2.72. The van der Waals surface area contributed by atoms with E-state index in [4.69, 9.17) is 5.11 Å². The van der Waals surface area contributed by atoms with Crippen molar-refractivity contribution in [3.05, 3.63) is 10.6 Å². The largest absolute Gasteiger partial charge is 0.476 e. The van der Waals surface area contributed by atoms with Crippen LogP contribution in [0.4, 0.5) is 5.13 Å². The summed E-state index contributed by atoms with van der Waals surface area (Å²) in [5.41, 5.74) is -0.266. The van der Waals surface area contributed by atoms with Gasteiger partial charge in [-0.1, -0.05) is 11.3 Å². The highest BCUT2D eigenvalue weighted by Crippen LogP contribution is 2.30. The Labute approximate surface area is 120 Å². The molecule has 2 rings (SSSR count). The Morgan fingerprint density at radius 2 is 2.10 bits per heavy atom. The molecule has 1 atom stereocenters. The van der Waals surface area contributed by atoms with Gasteiger partial charge in [-0.05, 0) is 6.92 Å². The van der Waals surface area contributed by atoms with Crippen LogP contribution in [0.5, 0.6) is 0 Å². The van der Waals surface area contributed by atoms with Crippen LogP contribution >= 0.6 is 11.3 Å². The molecule has 20 heavy (non-hydrogen) atoms. The van der Waals surface area contributed by atoms with Crippen LogP contribution in [0.2, 0.25) is 0 Å². The van der Waals surface area contributed by atoms with Gasteiger partial charge >= 0.3 is 5.97 Å². The maximum Gasteiger partial charge on any atom is 0.356 e. The number of aromatic carboxylic acids is 1. The van der Waals surface area contributed by atoms with E-state index in [0.717, 1.165) is 11.3 Å². The summed E-state index contributed by atoms with van der Waals surface area (Å²) in [5.74, 6) is -1.60. The molecule has 0 spiro atoms. The summed E-state index contributed by atoms with van der Waals surface area (Å²) in [7, 11) is -3.06. The molecule has 1 aliphatic heterocycles. The third-order valence-corrected chi connectivity index (χ3v) is 6.04. The van der Waals surface area contributed by atoms with Crippen molar-refractivity contribution in [3.63, 3.8) is 0 Å². The van der Waals surface area contributed by atoms with Crippen LogP contribution in [0.1, 0.15) is 34.0 Å². The number of aromatic nitrogens is 1. The molecule has 0 radical (unpaired) electrons. The van der Waals surface area contributed by atoms with Crippen molar-refractivity contribution in [1.82, 2.24) is 4.98 Å². The lowest BCUT2D eigenvalue weighted by molar-refractivity contribution is 0.0687.